The van der Waals surface area contributed by atoms with Crippen molar-refractivity contribution in [3.8, 4) is 6.07 Å². The van der Waals surface area contributed by atoms with Crippen LogP contribution in [0.1, 0.15) is 27.2 Å². The zero-order valence-electron chi connectivity index (χ0n) is 20.7. The van der Waals surface area contributed by atoms with Crippen LogP contribution >= 0.6 is 11.3 Å². The van der Waals surface area contributed by atoms with Crippen molar-refractivity contribution in [2.45, 2.75) is 12.7 Å². The number of carbonyl (C=O) groups excluding carboxylic acids is 1. The van der Waals surface area contributed by atoms with E-state index >= 15 is 0 Å². The molecule has 2 saturated heterocycles. The normalized spacial score (nSPS) is 16.9. The van der Waals surface area contributed by atoms with Crippen molar-refractivity contribution in [3.63, 3.8) is 0 Å². The number of hydrogen-bond donors (Lipinski definition) is 0. The van der Waals surface area contributed by atoms with Crippen LogP contribution < -0.4 is 9.80 Å². The zero-order valence-corrected chi connectivity index (χ0v) is 21.5. The molecule has 1 aromatic heterocycles. The first-order valence-electron chi connectivity index (χ1n) is 12.4. The van der Waals surface area contributed by atoms with Gasteiger partial charge in [-0.25, -0.2) is 4.98 Å². The minimum Gasteiger partial charge on any atom is -0.368 e. The molecular weight excluding hydrogens is 513 g/mol. The van der Waals surface area contributed by atoms with Gasteiger partial charge in [0.05, 0.1) is 17.2 Å². The van der Waals surface area contributed by atoms with Gasteiger partial charge in [-0.1, -0.05) is 18.2 Å². The van der Waals surface area contributed by atoms with Gasteiger partial charge in [0.25, 0.3) is 5.91 Å². The summed E-state index contributed by atoms with van der Waals surface area (Å²) in [5, 5.41) is 11.6. The van der Waals surface area contributed by atoms with E-state index in [2.05, 4.69) is 20.9 Å². The Morgan fingerprint density at radius 3 is 2.29 bits per heavy atom. The van der Waals surface area contributed by atoms with E-state index in [1.807, 2.05) is 29.2 Å². The standard InChI is InChI=1S/C27H27F3N6OS/c28-27(29,30)22-2-1-3-23(16-22)34-12-14-35(15-13-34)25(37)24-19-38-26(32-24)36-10-8-33(9-11-36)18-21-6-4-20(17-31)5-7-21/h1-7,16,19H,8-15,18H2. The number of nitriles is 1. The number of nitrogens with zero attached hydrogens (tertiary/aromatic N) is 6. The number of anilines is 2. The van der Waals surface area contributed by atoms with E-state index in [1.54, 1.807) is 16.3 Å². The molecule has 3 aromatic rings. The highest BCUT2D eigenvalue weighted by atomic mass is 32.1. The van der Waals surface area contributed by atoms with Crippen molar-refractivity contribution in [1.29, 1.82) is 5.26 Å². The molecule has 2 aliphatic heterocycles. The van der Waals surface area contributed by atoms with E-state index in [1.165, 1.54) is 23.0 Å². The van der Waals surface area contributed by atoms with Gasteiger partial charge in [0, 0.05) is 70.0 Å². The Bertz CT molecular complexity index is 1300. The summed E-state index contributed by atoms with van der Waals surface area (Å²) >= 11 is 1.46. The largest absolute Gasteiger partial charge is 0.416 e. The first-order valence-corrected chi connectivity index (χ1v) is 13.3. The molecule has 1 amide bonds. The maximum atomic E-state index is 13.1. The van der Waals surface area contributed by atoms with E-state index in [9.17, 15) is 18.0 Å². The summed E-state index contributed by atoms with van der Waals surface area (Å²) in [5.41, 5.74) is 2.09. The maximum Gasteiger partial charge on any atom is 0.416 e. The van der Waals surface area contributed by atoms with Gasteiger partial charge < -0.3 is 14.7 Å². The lowest BCUT2D eigenvalue weighted by molar-refractivity contribution is -0.137. The number of hydrogen-bond acceptors (Lipinski definition) is 7. The molecule has 0 atom stereocenters. The van der Waals surface area contributed by atoms with E-state index in [-0.39, 0.29) is 5.91 Å². The first-order chi connectivity index (χ1) is 18.3. The molecule has 2 aliphatic rings. The summed E-state index contributed by atoms with van der Waals surface area (Å²) in [6, 6.07) is 15.1. The van der Waals surface area contributed by atoms with Crippen LogP contribution in [0.2, 0.25) is 0 Å². The van der Waals surface area contributed by atoms with Crippen molar-refractivity contribution >= 4 is 28.1 Å². The zero-order chi connectivity index (χ0) is 26.7. The number of carbonyl (C=O) groups is 1. The van der Waals surface area contributed by atoms with Crippen LogP contribution in [0.15, 0.2) is 53.9 Å². The van der Waals surface area contributed by atoms with E-state index in [0.29, 0.717) is 43.1 Å². The van der Waals surface area contributed by atoms with Crippen LogP contribution in [-0.2, 0) is 12.7 Å². The van der Waals surface area contributed by atoms with Gasteiger partial charge in [-0.3, -0.25) is 9.69 Å². The van der Waals surface area contributed by atoms with E-state index in [0.717, 1.165) is 50.0 Å². The fraction of sp³-hybridized carbons (Fsp3) is 0.370. The Morgan fingerprint density at radius 1 is 0.947 bits per heavy atom. The van der Waals surface area contributed by atoms with Crippen molar-refractivity contribution in [1.82, 2.24) is 14.8 Å². The van der Waals surface area contributed by atoms with Gasteiger partial charge in [-0.2, -0.15) is 18.4 Å². The summed E-state index contributed by atoms with van der Waals surface area (Å²) in [6.45, 7) is 5.98. The molecule has 2 aromatic carbocycles. The van der Waals surface area contributed by atoms with Gasteiger partial charge in [0.1, 0.15) is 5.69 Å². The highest BCUT2D eigenvalue weighted by molar-refractivity contribution is 7.13. The van der Waals surface area contributed by atoms with Gasteiger partial charge in [0.15, 0.2) is 5.13 Å². The molecule has 5 rings (SSSR count). The van der Waals surface area contributed by atoms with Gasteiger partial charge in [-0.05, 0) is 35.9 Å². The number of thiazole rings is 1. The molecule has 2 fully saturated rings. The molecular formula is C27H27F3N6OS. The molecule has 0 bridgehead atoms. The third kappa shape index (κ3) is 5.92. The van der Waals surface area contributed by atoms with Crippen LogP contribution in [0.25, 0.3) is 0 Å². The third-order valence-corrected chi connectivity index (χ3v) is 7.85. The number of piperazine rings is 2. The Morgan fingerprint density at radius 2 is 1.63 bits per heavy atom. The summed E-state index contributed by atoms with van der Waals surface area (Å²) < 4.78 is 39.2. The second kappa shape index (κ2) is 11.0. The van der Waals surface area contributed by atoms with Crippen LogP contribution in [0.4, 0.5) is 24.0 Å². The Hall–Kier alpha value is -3.62. The van der Waals surface area contributed by atoms with E-state index in [4.69, 9.17) is 5.26 Å². The first kappa shape index (κ1) is 26.0. The number of rotatable bonds is 5. The molecule has 0 radical (unpaired) electrons. The van der Waals surface area contributed by atoms with Crippen LogP contribution in [0.3, 0.4) is 0 Å². The summed E-state index contributed by atoms with van der Waals surface area (Å²) in [7, 11) is 0. The Labute approximate surface area is 223 Å². The monoisotopic (exact) mass is 540 g/mol. The number of alkyl halides is 3. The molecule has 0 aliphatic carbocycles. The fourth-order valence-corrected chi connectivity index (χ4v) is 5.61. The topological polar surface area (TPSA) is 66.7 Å². The van der Waals surface area contributed by atoms with Gasteiger partial charge >= 0.3 is 6.18 Å². The average Bonchev–Trinajstić information content (AvgIpc) is 3.44. The molecule has 11 heteroatoms. The lowest BCUT2D eigenvalue weighted by Gasteiger charge is -2.36. The molecule has 38 heavy (non-hydrogen) atoms. The van der Waals surface area contributed by atoms with Gasteiger partial charge in [-0.15, -0.1) is 11.3 Å². The van der Waals surface area contributed by atoms with Crippen molar-refractivity contribution < 1.29 is 18.0 Å². The molecule has 3 heterocycles. The SMILES string of the molecule is N#Cc1ccc(CN2CCN(c3nc(C(=O)N4CCN(c5cccc(C(F)(F)F)c5)CC4)cs3)CC2)cc1. The third-order valence-electron chi connectivity index (χ3n) is 6.95. The molecule has 198 valence electrons. The number of amides is 1. The fourth-order valence-electron chi connectivity index (χ4n) is 4.76. The Balaban J connectivity index is 1.12. The predicted molar refractivity (Wildman–Crippen MR) is 140 cm³/mol. The summed E-state index contributed by atoms with van der Waals surface area (Å²) in [6.07, 6.45) is -4.38. The molecule has 0 spiro atoms. The highest BCUT2D eigenvalue weighted by Gasteiger charge is 2.31. The minimum atomic E-state index is -4.38. The van der Waals surface area contributed by atoms with Crippen molar-refractivity contribution in [3.05, 3.63) is 76.3 Å². The lowest BCUT2D eigenvalue weighted by atomic mass is 10.1. The maximum absolute atomic E-state index is 13.1. The van der Waals surface area contributed by atoms with Gasteiger partial charge in [0.2, 0.25) is 0 Å². The second-order valence-corrected chi connectivity index (χ2v) is 10.3. The minimum absolute atomic E-state index is 0.143. The average molecular weight is 541 g/mol. The number of halogens is 3. The highest BCUT2D eigenvalue weighted by Crippen LogP contribution is 2.32. The second-order valence-electron chi connectivity index (χ2n) is 9.41. The smallest absolute Gasteiger partial charge is 0.368 e. The number of benzene rings is 2. The van der Waals surface area contributed by atoms with Crippen LogP contribution in [0.5, 0.6) is 0 Å². The molecule has 7 nitrogen and oxygen atoms in total. The van der Waals surface area contributed by atoms with Crippen LogP contribution in [0, 0.1) is 11.3 Å². The number of aromatic nitrogens is 1. The van der Waals surface area contributed by atoms with E-state index < -0.39 is 11.7 Å². The molecule has 0 N–H and O–H groups in total. The molecule has 0 unspecified atom stereocenters. The van der Waals surface area contributed by atoms with Crippen molar-refractivity contribution in [2.24, 2.45) is 0 Å². The van der Waals surface area contributed by atoms with Crippen LogP contribution in [-0.4, -0.2) is 73.0 Å². The Kier molecular flexibility index (Phi) is 7.53. The lowest BCUT2D eigenvalue weighted by Crippen LogP contribution is -2.49. The summed E-state index contributed by atoms with van der Waals surface area (Å²) in [4.78, 5) is 25.9. The molecule has 0 saturated carbocycles. The summed E-state index contributed by atoms with van der Waals surface area (Å²) in [5.74, 6) is -0.143. The van der Waals surface area contributed by atoms with Crippen molar-refractivity contribution in [2.75, 3.05) is 62.2 Å². The predicted octanol–water partition coefficient (Wildman–Crippen LogP) is 4.32. The quantitative estimate of drug-likeness (QED) is 0.481.